The van der Waals surface area contributed by atoms with E-state index in [2.05, 4.69) is 77.5 Å². The second-order valence-corrected chi connectivity index (χ2v) is 14.1. The molecule has 1 aromatic rings. The summed E-state index contributed by atoms with van der Waals surface area (Å²) in [5, 5.41) is 13.1. The normalized spacial score (nSPS) is 24.2. The summed E-state index contributed by atoms with van der Waals surface area (Å²) in [6.45, 7) is 15.1. The summed E-state index contributed by atoms with van der Waals surface area (Å²) < 4.78 is 16.9. The van der Waals surface area contributed by atoms with Crippen LogP contribution in [0, 0.1) is 11.3 Å². The van der Waals surface area contributed by atoms with Crippen LogP contribution in [0.4, 0.5) is 0 Å². The Hall–Kier alpha value is -1.87. The van der Waals surface area contributed by atoms with Crippen LogP contribution in [0.15, 0.2) is 47.4 Å². The third-order valence-electron chi connectivity index (χ3n) is 7.68. The predicted molar refractivity (Wildman–Crippen MR) is 144 cm³/mol. The number of hydrogen-bond acceptors (Lipinski definition) is 6. The molecular weight excluding hydrogens is 455 g/mol. The van der Waals surface area contributed by atoms with Gasteiger partial charge in [0.1, 0.15) is 11.4 Å². The van der Waals surface area contributed by atoms with Gasteiger partial charge in [-0.2, -0.15) is 5.26 Å². The molecule has 3 saturated heterocycles. The van der Waals surface area contributed by atoms with Crippen LogP contribution in [0.1, 0.15) is 44.7 Å². The monoisotopic (exact) mass is 494 g/mol. The molecule has 3 fully saturated rings. The first-order chi connectivity index (χ1) is 17.0. The number of rotatable bonds is 4. The molecule has 4 aliphatic rings. The molecule has 0 spiro atoms. The lowest BCUT2D eigenvalue weighted by molar-refractivity contribution is 0.0583. The fourth-order valence-electron chi connectivity index (χ4n) is 5.83. The lowest BCUT2D eigenvalue weighted by Gasteiger charge is -2.51. The van der Waals surface area contributed by atoms with E-state index in [0.29, 0.717) is 26.4 Å². The molecule has 0 bridgehead atoms. The van der Waals surface area contributed by atoms with Crippen molar-refractivity contribution in [3.63, 3.8) is 0 Å². The van der Waals surface area contributed by atoms with E-state index in [-0.39, 0.29) is 5.41 Å². The van der Waals surface area contributed by atoms with E-state index in [4.69, 9.17) is 9.47 Å². The maximum atomic E-state index is 10.9. The third-order valence-corrected chi connectivity index (χ3v) is 12.2. The summed E-state index contributed by atoms with van der Waals surface area (Å²) in [5.41, 5.74) is 3.81. The molecule has 0 unspecified atom stereocenters. The van der Waals surface area contributed by atoms with Crippen molar-refractivity contribution < 1.29 is 9.47 Å². The van der Waals surface area contributed by atoms with Gasteiger partial charge in [-0.25, -0.2) is 0 Å². The van der Waals surface area contributed by atoms with E-state index in [1.807, 2.05) is 0 Å². The highest BCUT2D eigenvalue weighted by Crippen LogP contribution is 2.66. The molecule has 0 N–H and O–H groups in total. The minimum Gasteiger partial charge on any atom is -0.379 e. The molecular formula is C28H39N4O2P. The number of nitriles is 1. The molecule has 35 heavy (non-hydrogen) atoms. The molecule has 0 radical (unpaired) electrons. The predicted octanol–water partition coefficient (Wildman–Crippen LogP) is 4.42. The van der Waals surface area contributed by atoms with Gasteiger partial charge < -0.3 is 14.4 Å². The number of allylic oxidation sites excluding steroid dienone is 3. The first-order valence-electron chi connectivity index (χ1n) is 13.1. The number of ether oxygens (including phenoxy) is 2. The Labute approximate surface area is 210 Å². The molecule has 1 aromatic carbocycles. The highest BCUT2D eigenvalue weighted by molar-refractivity contribution is 7.77. The van der Waals surface area contributed by atoms with Crippen molar-refractivity contribution in [1.29, 1.82) is 5.26 Å². The van der Waals surface area contributed by atoms with Crippen LogP contribution in [0.3, 0.4) is 0 Å². The van der Waals surface area contributed by atoms with Crippen molar-refractivity contribution in [2.45, 2.75) is 39.0 Å². The average molecular weight is 495 g/mol. The molecule has 5 rings (SSSR count). The quantitative estimate of drug-likeness (QED) is 0.578. The Bertz CT molecular complexity index is 1050. The van der Waals surface area contributed by atoms with Crippen molar-refractivity contribution in [1.82, 2.24) is 14.2 Å². The Morgan fingerprint density at radius 3 is 1.83 bits per heavy atom. The molecule has 0 aliphatic carbocycles. The number of hydrogen-bond donors (Lipinski definition) is 0. The van der Waals surface area contributed by atoms with E-state index in [1.54, 1.807) is 0 Å². The molecule has 0 aromatic heterocycles. The van der Waals surface area contributed by atoms with Crippen molar-refractivity contribution in [2.24, 2.45) is 0 Å². The fraction of sp³-hybridized carbons (Fsp3) is 0.571. The van der Waals surface area contributed by atoms with E-state index in [1.165, 1.54) is 29.3 Å². The SMILES string of the molecule is CC(C)(C)c1ccc(C2=P(N3CCOCC3)(N3CCOCC3)C(C#N)=C(N3CCCC3)C=C2)cc1. The van der Waals surface area contributed by atoms with Gasteiger partial charge in [0.2, 0.25) is 0 Å². The Kier molecular flexibility index (Phi) is 7.26. The highest BCUT2D eigenvalue weighted by Gasteiger charge is 2.44. The van der Waals surface area contributed by atoms with E-state index < -0.39 is 7.19 Å². The fourth-order valence-corrected chi connectivity index (χ4v) is 10.6. The van der Waals surface area contributed by atoms with Gasteiger partial charge in [-0.05, 0) is 41.5 Å². The summed E-state index contributed by atoms with van der Waals surface area (Å²) in [6.07, 6.45) is 6.97. The summed E-state index contributed by atoms with van der Waals surface area (Å²) >= 11 is 0. The van der Waals surface area contributed by atoms with Crippen molar-refractivity contribution in [3.05, 3.63) is 58.6 Å². The van der Waals surface area contributed by atoms with Crippen LogP contribution in [-0.2, 0) is 14.9 Å². The smallest absolute Gasteiger partial charge is 0.104 e. The topological polar surface area (TPSA) is 52.0 Å². The Balaban J connectivity index is 1.78. The standard InChI is InChI=1S/C28H39N4O2P/c1-28(2,3)24-8-6-23(7-9-24)26-11-10-25(30-12-4-5-13-30)27(22-29)35(26,31-14-18-33-19-15-31)32-16-20-34-21-17-32/h6-11H,4-5,12-21H2,1-3H3. The zero-order valence-corrected chi connectivity index (χ0v) is 22.4. The van der Waals surface area contributed by atoms with Crippen LogP contribution in [0.2, 0.25) is 0 Å². The van der Waals surface area contributed by atoms with Gasteiger partial charge in [0, 0.05) is 44.6 Å². The van der Waals surface area contributed by atoms with Crippen LogP contribution in [0.25, 0.3) is 0 Å². The molecule has 0 atom stereocenters. The Morgan fingerprint density at radius 2 is 1.34 bits per heavy atom. The van der Waals surface area contributed by atoms with E-state index in [0.717, 1.165) is 50.3 Å². The van der Waals surface area contributed by atoms with Crippen molar-refractivity contribution in [2.75, 3.05) is 65.7 Å². The van der Waals surface area contributed by atoms with Crippen molar-refractivity contribution in [3.8, 4) is 6.07 Å². The number of likely N-dealkylation sites (tertiary alicyclic amines) is 1. The maximum absolute atomic E-state index is 10.9. The summed E-state index contributed by atoms with van der Waals surface area (Å²) in [4.78, 5) is 2.45. The number of morpholine rings is 2. The van der Waals surface area contributed by atoms with Gasteiger partial charge in [0.15, 0.2) is 0 Å². The second-order valence-electron chi connectivity index (χ2n) is 10.8. The van der Waals surface area contributed by atoms with Crippen LogP contribution in [0.5, 0.6) is 0 Å². The van der Waals surface area contributed by atoms with Gasteiger partial charge in [0.05, 0.1) is 39.3 Å². The largest absolute Gasteiger partial charge is 0.379 e. The lowest BCUT2D eigenvalue weighted by Crippen LogP contribution is -2.46. The average Bonchev–Trinajstić information content (AvgIpc) is 3.43. The Morgan fingerprint density at radius 1 is 0.800 bits per heavy atom. The number of nitrogens with zero attached hydrogens (tertiary/aromatic N) is 4. The van der Waals surface area contributed by atoms with Crippen molar-refractivity contribution >= 4 is 12.5 Å². The van der Waals surface area contributed by atoms with E-state index >= 15 is 0 Å². The molecule has 0 amide bonds. The molecule has 6 nitrogen and oxygen atoms in total. The summed E-state index contributed by atoms with van der Waals surface area (Å²) in [5.74, 6) is 0. The van der Waals surface area contributed by atoms with Crippen LogP contribution in [-0.4, -0.2) is 85.2 Å². The number of benzene rings is 1. The van der Waals surface area contributed by atoms with Gasteiger partial charge >= 0.3 is 0 Å². The molecule has 7 heteroatoms. The third kappa shape index (κ3) is 4.54. The molecule has 4 aliphatic heterocycles. The second kappa shape index (κ2) is 10.2. The molecule has 4 heterocycles. The first kappa shape index (κ1) is 24.8. The minimum atomic E-state index is -2.33. The van der Waals surface area contributed by atoms with Gasteiger partial charge in [-0.1, -0.05) is 45.0 Å². The van der Waals surface area contributed by atoms with Crippen LogP contribution < -0.4 is 0 Å². The van der Waals surface area contributed by atoms with Gasteiger partial charge in [-0.3, -0.25) is 9.34 Å². The zero-order valence-electron chi connectivity index (χ0n) is 21.5. The summed E-state index contributed by atoms with van der Waals surface area (Å²) in [6, 6.07) is 11.9. The lowest BCUT2D eigenvalue weighted by atomic mass is 9.86. The minimum absolute atomic E-state index is 0.104. The van der Waals surface area contributed by atoms with Gasteiger partial charge in [-0.15, -0.1) is 0 Å². The molecule has 0 saturated carbocycles. The highest BCUT2D eigenvalue weighted by atomic mass is 31.2. The maximum Gasteiger partial charge on any atom is 0.104 e. The van der Waals surface area contributed by atoms with Crippen LogP contribution >= 0.6 is 7.19 Å². The first-order valence-corrected chi connectivity index (χ1v) is 14.8. The molecule has 188 valence electrons. The summed E-state index contributed by atoms with van der Waals surface area (Å²) in [7, 11) is -2.33. The van der Waals surface area contributed by atoms with E-state index in [9.17, 15) is 5.26 Å². The zero-order chi connectivity index (χ0) is 24.5. The van der Waals surface area contributed by atoms with Gasteiger partial charge in [0.25, 0.3) is 0 Å².